The highest BCUT2D eigenvalue weighted by atomic mass is 31.2. The quantitative estimate of drug-likeness (QED) is 0.183. The highest BCUT2D eigenvalue weighted by Gasteiger charge is 2.31. The number of hydrogen-bond acceptors (Lipinski definition) is 13. The SMILES string of the molecule is CC1CN1c1ncncn1.OP(O)O.OP(O)O.OP(O)O. The third-order valence-corrected chi connectivity index (χ3v) is 1.60. The average molecular weight is 382 g/mol. The van der Waals surface area contributed by atoms with E-state index in [1.165, 1.54) is 12.7 Å². The summed E-state index contributed by atoms with van der Waals surface area (Å²) in [6, 6.07) is 0.613. The molecule has 0 spiro atoms. The van der Waals surface area contributed by atoms with Crippen LogP contribution in [0.4, 0.5) is 5.95 Å². The maximum absolute atomic E-state index is 7.23. The van der Waals surface area contributed by atoms with E-state index >= 15 is 0 Å². The van der Waals surface area contributed by atoms with Crippen molar-refractivity contribution in [2.75, 3.05) is 11.4 Å². The number of nitrogens with zero attached hydrogens (tertiary/aromatic N) is 4. The van der Waals surface area contributed by atoms with Crippen molar-refractivity contribution in [1.82, 2.24) is 15.0 Å². The van der Waals surface area contributed by atoms with E-state index in [2.05, 4.69) is 26.8 Å². The van der Waals surface area contributed by atoms with Gasteiger partial charge in [-0.3, -0.25) is 0 Å². The van der Waals surface area contributed by atoms with Gasteiger partial charge in [0.15, 0.2) is 0 Å². The van der Waals surface area contributed by atoms with Gasteiger partial charge < -0.3 is 48.9 Å². The second kappa shape index (κ2) is 14.3. The van der Waals surface area contributed by atoms with Crippen molar-refractivity contribution in [3.05, 3.63) is 12.7 Å². The number of hydrogen-bond donors (Lipinski definition) is 9. The topological polar surface area (TPSA) is 224 Å². The largest absolute Gasteiger partial charge is 0.334 e. The summed E-state index contributed by atoms with van der Waals surface area (Å²) in [5.74, 6) is 0.794. The van der Waals surface area contributed by atoms with Gasteiger partial charge in [-0.2, -0.15) is 0 Å². The zero-order valence-electron chi connectivity index (χ0n) is 11.1. The minimum absolute atomic E-state index is 0.613. The first-order chi connectivity index (χ1) is 10.1. The summed E-state index contributed by atoms with van der Waals surface area (Å²) >= 11 is 0. The van der Waals surface area contributed by atoms with Crippen LogP contribution >= 0.6 is 25.8 Å². The summed E-state index contributed by atoms with van der Waals surface area (Å²) in [7, 11) is -7.86. The molecule has 0 aromatic carbocycles. The molecule has 1 saturated heterocycles. The molecule has 0 radical (unpaired) electrons. The molecule has 2 rings (SSSR count). The lowest BCUT2D eigenvalue weighted by atomic mass is 10.6. The van der Waals surface area contributed by atoms with Gasteiger partial charge in [0.2, 0.25) is 5.95 Å². The second-order valence-electron chi connectivity index (χ2n) is 3.24. The van der Waals surface area contributed by atoms with Crippen molar-refractivity contribution in [3.8, 4) is 0 Å². The molecule has 130 valence electrons. The van der Waals surface area contributed by atoms with Crippen LogP contribution in [0.25, 0.3) is 0 Å². The Kier molecular flexibility index (Phi) is 15.6. The van der Waals surface area contributed by atoms with Crippen molar-refractivity contribution >= 4 is 31.8 Å². The van der Waals surface area contributed by atoms with E-state index in [1.807, 2.05) is 0 Å². The fraction of sp³-hybridized carbons (Fsp3) is 0.500. The molecule has 1 unspecified atom stereocenters. The minimum atomic E-state index is -2.62. The Labute approximate surface area is 128 Å². The van der Waals surface area contributed by atoms with Gasteiger partial charge in [-0.15, -0.1) is 0 Å². The Balaban J connectivity index is 0. The lowest BCUT2D eigenvalue weighted by Gasteiger charge is -1.96. The number of aromatic nitrogens is 3. The lowest BCUT2D eigenvalue weighted by molar-refractivity contribution is 0.366. The molecule has 13 nitrogen and oxygen atoms in total. The molecular weight excluding hydrogens is 365 g/mol. The van der Waals surface area contributed by atoms with Crippen molar-refractivity contribution in [2.45, 2.75) is 13.0 Å². The molecule has 0 bridgehead atoms. The van der Waals surface area contributed by atoms with Crippen LogP contribution in [-0.2, 0) is 0 Å². The van der Waals surface area contributed by atoms with Crippen LogP contribution in [0, 0.1) is 0 Å². The molecule has 1 aromatic heterocycles. The molecule has 0 amide bonds. The molecule has 1 aromatic rings. The van der Waals surface area contributed by atoms with Crippen LogP contribution in [0.15, 0.2) is 12.7 Å². The highest BCUT2D eigenvalue weighted by Crippen LogP contribution is 2.21. The van der Waals surface area contributed by atoms with Gasteiger partial charge in [-0.05, 0) is 6.92 Å². The van der Waals surface area contributed by atoms with Gasteiger partial charge in [0.1, 0.15) is 12.7 Å². The van der Waals surface area contributed by atoms with E-state index in [9.17, 15) is 0 Å². The van der Waals surface area contributed by atoms with E-state index in [0.717, 1.165) is 12.5 Å². The van der Waals surface area contributed by atoms with Crippen LogP contribution < -0.4 is 4.90 Å². The average Bonchev–Trinajstić information content (AvgIpc) is 3.05. The molecule has 22 heavy (non-hydrogen) atoms. The standard InChI is InChI=1S/C6H8N4.3H3O3P/c1-5-2-10(5)6-8-3-7-4-9-6;3*1-4(2)3/h3-5H,2H2,1H3;3*1-3H. The summed E-state index contributed by atoms with van der Waals surface area (Å²) in [4.78, 5) is 78.9. The van der Waals surface area contributed by atoms with E-state index in [4.69, 9.17) is 44.0 Å². The molecule has 9 N–H and O–H groups in total. The van der Waals surface area contributed by atoms with E-state index < -0.39 is 25.8 Å². The van der Waals surface area contributed by atoms with Gasteiger partial charge in [0, 0.05) is 12.6 Å². The number of rotatable bonds is 1. The predicted octanol–water partition coefficient (Wildman–Crippen LogP) is -2.35. The zero-order chi connectivity index (χ0) is 17.7. The van der Waals surface area contributed by atoms with Crippen LogP contribution in [-0.4, -0.2) is 71.6 Å². The van der Waals surface area contributed by atoms with E-state index in [0.29, 0.717) is 6.04 Å². The van der Waals surface area contributed by atoms with Crippen molar-refractivity contribution in [2.24, 2.45) is 0 Å². The highest BCUT2D eigenvalue weighted by molar-refractivity contribution is 7.38. The van der Waals surface area contributed by atoms with Gasteiger partial charge in [-0.1, -0.05) is 0 Å². The Morgan fingerprint density at radius 1 is 0.864 bits per heavy atom. The minimum Gasteiger partial charge on any atom is -0.334 e. The summed E-state index contributed by atoms with van der Waals surface area (Å²) in [6.07, 6.45) is 3.04. The molecule has 2 heterocycles. The molecule has 16 heteroatoms. The predicted molar refractivity (Wildman–Crippen MR) is 77.4 cm³/mol. The van der Waals surface area contributed by atoms with Crippen molar-refractivity contribution in [1.29, 1.82) is 0 Å². The zero-order valence-corrected chi connectivity index (χ0v) is 13.8. The summed E-state index contributed by atoms with van der Waals surface area (Å²) in [5.41, 5.74) is 0. The normalized spacial score (nSPS) is 15.3. The summed E-state index contributed by atoms with van der Waals surface area (Å²) in [6.45, 7) is 3.22. The Morgan fingerprint density at radius 2 is 1.14 bits per heavy atom. The fourth-order valence-electron chi connectivity index (χ4n) is 0.898. The second-order valence-corrected chi connectivity index (χ2v) is 4.85. The summed E-state index contributed by atoms with van der Waals surface area (Å²) in [5, 5.41) is 0. The number of anilines is 1. The smallest absolute Gasteiger partial charge is 0.324 e. The first kappa shape index (κ1) is 24.0. The molecule has 1 fully saturated rings. The maximum Gasteiger partial charge on any atom is 0.324 e. The molecule has 1 aliphatic rings. The van der Waals surface area contributed by atoms with Crippen LogP contribution in [0.1, 0.15) is 6.92 Å². The van der Waals surface area contributed by atoms with Gasteiger partial charge in [0.05, 0.1) is 0 Å². The lowest BCUT2D eigenvalue weighted by Crippen LogP contribution is -2.00. The third-order valence-electron chi connectivity index (χ3n) is 1.60. The van der Waals surface area contributed by atoms with E-state index in [1.54, 1.807) is 0 Å². The van der Waals surface area contributed by atoms with Gasteiger partial charge in [0.25, 0.3) is 0 Å². The maximum atomic E-state index is 7.23. The first-order valence-corrected chi connectivity index (χ1v) is 8.66. The Bertz CT molecular complexity index is 340. The Hall–Kier alpha value is -0.260. The fourth-order valence-corrected chi connectivity index (χ4v) is 0.898. The molecule has 0 aliphatic carbocycles. The third kappa shape index (κ3) is 22.0. The van der Waals surface area contributed by atoms with Crippen LogP contribution in [0.3, 0.4) is 0 Å². The molecule has 1 aliphatic heterocycles. The van der Waals surface area contributed by atoms with Crippen molar-refractivity contribution < 1.29 is 44.0 Å². The molecule has 1 atom stereocenters. The van der Waals surface area contributed by atoms with Crippen molar-refractivity contribution in [3.63, 3.8) is 0 Å². The van der Waals surface area contributed by atoms with Gasteiger partial charge in [-0.25, -0.2) is 15.0 Å². The van der Waals surface area contributed by atoms with Crippen LogP contribution in [0.2, 0.25) is 0 Å². The van der Waals surface area contributed by atoms with E-state index in [-0.39, 0.29) is 0 Å². The van der Waals surface area contributed by atoms with Gasteiger partial charge >= 0.3 is 25.8 Å². The molecule has 0 saturated carbocycles. The first-order valence-electron chi connectivity index (χ1n) is 5.06. The van der Waals surface area contributed by atoms with Crippen LogP contribution in [0.5, 0.6) is 0 Å². The Morgan fingerprint density at radius 3 is 1.36 bits per heavy atom. The summed E-state index contributed by atoms with van der Waals surface area (Å²) < 4.78 is 0. The monoisotopic (exact) mass is 382 g/mol. The molecular formula is C6H17N4O9P3.